The van der Waals surface area contributed by atoms with Crippen molar-refractivity contribution in [2.45, 2.75) is 0 Å². The molecule has 0 fully saturated rings. The third-order valence-corrected chi connectivity index (χ3v) is 7.70. The summed E-state index contributed by atoms with van der Waals surface area (Å²) in [5, 5.41) is 15.9. The van der Waals surface area contributed by atoms with Gasteiger partial charge in [-0.15, -0.1) is 5.10 Å². The van der Waals surface area contributed by atoms with Gasteiger partial charge in [0.15, 0.2) is 11.4 Å². The molecule has 0 spiro atoms. The SMILES string of the molecule is C[n+]1c(-c2ccc(/C=N/Nc3n[nH]c(=S)n3/N=C/c3ccc(-c4cn5ccccc5[n+]4C)cc3)cc2)cn2ccccc21. The maximum atomic E-state index is 5.39. The average Bonchev–Trinajstić information content (AvgIpc) is 3.69. The minimum atomic E-state index is 0.357. The second-order valence-electron chi connectivity index (χ2n) is 10.1. The third-order valence-electron chi connectivity index (χ3n) is 7.43. The van der Waals surface area contributed by atoms with E-state index in [1.807, 2.05) is 60.9 Å². The lowest BCUT2D eigenvalue weighted by molar-refractivity contribution is -0.633. The molecule has 0 bridgehead atoms. The van der Waals surface area contributed by atoms with Crippen LogP contribution in [0.4, 0.5) is 5.95 Å². The molecule has 2 aromatic carbocycles. The fourth-order valence-electron chi connectivity index (χ4n) is 5.14. The van der Waals surface area contributed by atoms with Crippen LogP contribution in [0.15, 0.2) is 120 Å². The molecule has 0 unspecified atom stereocenters. The van der Waals surface area contributed by atoms with Crippen molar-refractivity contribution >= 4 is 41.9 Å². The van der Waals surface area contributed by atoms with Gasteiger partial charge in [-0.3, -0.25) is 0 Å². The monoisotopic (exact) mass is 584 g/mol. The van der Waals surface area contributed by atoms with Gasteiger partial charge in [-0.2, -0.15) is 14.9 Å². The van der Waals surface area contributed by atoms with Crippen LogP contribution in [0.25, 0.3) is 33.8 Å². The van der Waals surface area contributed by atoms with Gasteiger partial charge in [0, 0.05) is 23.3 Å². The molecule has 5 heterocycles. The highest BCUT2D eigenvalue weighted by Crippen LogP contribution is 2.19. The van der Waals surface area contributed by atoms with Crippen LogP contribution in [0.5, 0.6) is 0 Å². The Morgan fingerprint density at radius 1 is 0.744 bits per heavy atom. The number of anilines is 1. The fraction of sp³-hybridized carbons (Fsp3) is 0.0625. The quantitative estimate of drug-likeness (QED) is 0.123. The van der Waals surface area contributed by atoms with E-state index in [-0.39, 0.29) is 0 Å². The molecule has 210 valence electrons. The number of imidazole rings is 2. The van der Waals surface area contributed by atoms with Crippen molar-refractivity contribution in [2.75, 3.05) is 5.43 Å². The molecule has 0 atom stereocenters. The predicted molar refractivity (Wildman–Crippen MR) is 170 cm³/mol. The van der Waals surface area contributed by atoms with Crippen LogP contribution < -0.4 is 14.6 Å². The molecule has 0 aliphatic heterocycles. The fourth-order valence-corrected chi connectivity index (χ4v) is 5.32. The van der Waals surface area contributed by atoms with Crippen molar-refractivity contribution in [3.05, 3.63) is 126 Å². The molecule has 43 heavy (non-hydrogen) atoms. The van der Waals surface area contributed by atoms with Gasteiger partial charge in [-0.25, -0.2) is 28.5 Å². The van der Waals surface area contributed by atoms with Gasteiger partial charge in [-0.1, -0.05) is 36.4 Å². The van der Waals surface area contributed by atoms with Crippen LogP contribution in [0.3, 0.4) is 0 Å². The first-order valence-electron chi connectivity index (χ1n) is 13.7. The third kappa shape index (κ3) is 5.02. The van der Waals surface area contributed by atoms with Gasteiger partial charge in [0.2, 0.25) is 4.77 Å². The maximum Gasteiger partial charge on any atom is 0.286 e. The molecule has 2 N–H and O–H groups in total. The molecular formula is C32H28N10S+2. The van der Waals surface area contributed by atoms with Gasteiger partial charge >= 0.3 is 0 Å². The van der Waals surface area contributed by atoms with Gasteiger partial charge in [0.1, 0.15) is 12.4 Å². The molecule has 0 saturated carbocycles. The first-order valence-corrected chi connectivity index (χ1v) is 14.1. The smallest absolute Gasteiger partial charge is 0.248 e. The Labute approximate surface area is 252 Å². The molecule has 0 amide bonds. The second-order valence-corrected chi connectivity index (χ2v) is 10.5. The zero-order valence-electron chi connectivity index (χ0n) is 23.5. The summed E-state index contributed by atoms with van der Waals surface area (Å²) in [6.45, 7) is 0. The Morgan fingerprint density at radius 3 is 1.81 bits per heavy atom. The van der Waals surface area contributed by atoms with Crippen molar-refractivity contribution in [3.8, 4) is 22.5 Å². The number of aromatic nitrogens is 7. The lowest BCUT2D eigenvalue weighted by Crippen LogP contribution is -2.29. The Kier molecular flexibility index (Phi) is 6.68. The number of nitrogens with zero attached hydrogens (tertiary/aromatic N) is 8. The molecule has 7 aromatic rings. The number of hydrogen-bond acceptors (Lipinski definition) is 5. The van der Waals surface area contributed by atoms with Crippen LogP contribution in [-0.2, 0) is 14.1 Å². The molecule has 0 aliphatic rings. The molecule has 7 rings (SSSR count). The van der Waals surface area contributed by atoms with Gasteiger partial charge in [-0.05, 0) is 59.7 Å². The van der Waals surface area contributed by atoms with E-state index in [4.69, 9.17) is 12.2 Å². The topological polar surface area (TPSA) is 86.9 Å². The van der Waals surface area contributed by atoms with Crippen molar-refractivity contribution in [2.24, 2.45) is 24.3 Å². The van der Waals surface area contributed by atoms with Crippen LogP contribution >= 0.6 is 12.2 Å². The second kappa shape index (κ2) is 11.0. The van der Waals surface area contributed by atoms with E-state index >= 15 is 0 Å². The van der Waals surface area contributed by atoms with Crippen LogP contribution in [-0.4, -0.2) is 36.1 Å². The van der Waals surface area contributed by atoms with E-state index < -0.39 is 0 Å². The Bertz CT molecular complexity index is 2200. The standard InChI is InChI=1S/C32H27N10S/c1-38-27(21-40-17-5-3-7-29(38)40)25-13-9-23(10-14-25)19-33-35-31-36-37-32(43)42(31)34-20-24-11-15-26(16-12-24)28-22-41-18-6-4-8-30(41)39(28)2/h3-22H,1-2H3,(H-,35,36,37,43)/q+1/p+1/b33-19+,34-20+. The first-order chi connectivity index (χ1) is 21.0. The van der Waals surface area contributed by atoms with E-state index in [1.165, 1.54) is 4.68 Å². The molecule has 0 saturated heterocycles. The van der Waals surface area contributed by atoms with Crippen LogP contribution in [0, 0.1) is 4.77 Å². The number of hydrogen-bond donors (Lipinski definition) is 2. The lowest BCUT2D eigenvalue weighted by Gasteiger charge is -2.01. The minimum Gasteiger partial charge on any atom is -0.248 e. The average molecular weight is 585 g/mol. The molecule has 5 aromatic heterocycles. The zero-order valence-corrected chi connectivity index (χ0v) is 24.3. The minimum absolute atomic E-state index is 0.357. The first kappa shape index (κ1) is 26.2. The van der Waals surface area contributed by atoms with Crippen molar-refractivity contribution in [3.63, 3.8) is 0 Å². The highest BCUT2D eigenvalue weighted by Gasteiger charge is 2.16. The van der Waals surface area contributed by atoms with Crippen molar-refractivity contribution in [1.82, 2.24) is 23.7 Å². The number of nitrogens with one attached hydrogen (secondary N) is 2. The summed E-state index contributed by atoms with van der Waals surface area (Å²) in [6, 6.07) is 28.8. The largest absolute Gasteiger partial charge is 0.286 e. The van der Waals surface area contributed by atoms with Crippen LogP contribution in [0.2, 0.25) is 0 Å². The van der Waals surface area contributed by atoms with E-state index in [1.54, 1.807) is 12.4 Å². The summed E-state index contributed by atoms with van der Waals surface area (Å²) in [5.74, 6) is 0.380. The number of fused-ring (bicyclic) bond motifs is 2. The van der Waals surface area contributed by atoms with Gasteiger partial charge in [0.05, 0.1) is 38.9 Å². The highest BCUT2D eigenvalue weighted by atomic mass is 32.1. The maximum absolute atomic E-state index is 5.39. The van der Waals surface area contributed by atoms with E-state index in [0.717, 1.165) is 44.9 Å². The zero-order chi connectivity index (χ0) is 29.3. The summed E-state index contributed by atoms with van der Waals surface area (Å²) in [5.41, 5.74) is 11.5. The normalized spacial score (nSPS) is 11.9. The number of rotatable bonds is 7. The molecule has 11 heteroatoms. The highest BCUT2D eigenvalue weighted by molar-refractivity contribution is 7.71. The molecule has 10 nitrogen and oxygen atoms in total. The molecular weight excluding hydrogens is 556 g/mol. The molecule has 0 radical (unpaired) electrons. The number of hydrazone groups is 1. The Hall–Kier alpha value is -5.68. The van der Waals surface area contributed by atoms with Crippen molar-refractivity contribution in [1.29, 1.82) is 0 Å². The van der Waals surface area contributed by atoms with Gasteiger partial charge < -0.3 is 0 Å². The number of pyridine rings is 2. The summed E-state index contributed by atoms with van der Waals surface area (Å²) >= 11 is 5.39. The summed E-state index contributed by atoms with van der Waals surface area (Å²) in [4.78, 5) is 0. The van der Waals surface area contributed by atoms with E-state index in [2.05, 4.69) is 107 Å². The van der Waals surface area contributed by atoms with Gasteiger partial charge in [0.25, 0.3) is 17.2 Å². The number of aryl methyl sites for hydroxylation is 2. The summed E-state index contributed by atoms with van der Waals surface area (Å²) < 4.78 is 10.4. The van der Waals surface area contributed by atoms with Crippen molar-refractivity contribution < 1.29 is 9.13 Å². The summed E-state index contributed by atoms with van der Waals surface area (Å²) in [6.07, 6.45) is 11.8. The van der Waals surface area contributed by atoms with E-state index in [9.17, 15) is 0 Å². The number of H-pyrrole nitrogens is 1. The predicted octanol–water partition coefficient (Wildman–Crippen LogP) is 4.76. The number of benzene rings is 2. The lowest BCUT2D eigenvalue weighted by atomic mass is 10.1. The summed E-state index contributed by atoms with van der Waals surface area (Å²) in [7, 11) is 4.14. The molecule has 0 aliphatic carbocycles. The Morgan fingerprint density at radius 2 is 1.28 bits per heavy atom. The van der Waals surface area contributed by atoms with E-state index in [0.29, 0.717) is 10.7 Å². The Balaban J connectivity index is 1.04. The van der Waals surface area contributed by atoms with Crippen LogP contribution in [0.1, 0.15) is 11.1 Å². The number of aromatic amines is 1.